The van der Waals surface area contributed by atoms with Crippen LogP contribution >= 0.6 is 0 Å². The average molecular weight is 347 g/mol. The smallest absolute Gasteiger partial charge is 0.255 e. The predicted molar refractivity (Wildman–Crippen MR) is 102 cm³/mol. The quantitative estimate of drug-likeness (QED) is 0.774. The van der Waals surface area contributed by atoms with Crippen molar-refractivity contribution < 1.29 is 9.90 Å². The van der Waals surface area contributed by atoms with E-state index in [1.807, 2.05) is 73.6 Å². The van der Waals surface area contributed by atoms with E-state index in [0.29, 0.717) is 18.7 Å². The number of amides is 1. The first-order valence-electron chi connectivity index (χ1n) is 8.67. The molecule has 0 saturated heterocycles. The Morgan fingerprint density at radius 3 is 2.69 bits per heavy atom. The average Bonchev–Trinajstić information content (AvgIpc) is 2.66. The highest BCUT2D eigenvalue weighted by atomic mass is 16.3. The van der Waals surface area contributed by atoms with Crippen molar-refractivity contribution in [1.82, 2.24) is 9.88 Å². The highest BCUT2D eigenvalue weighted by molar-refractivity contribution is 6.07. The monoisotopic (exact) mass is 347 g/mol. The maximum Gasteiger partial charge on any atom is 0.255 e. The lowest BCUT2D eigenvalue weighted by Gasteiger charge is -2.32. The molecule has 2 heterocycles. The molecule has 26 heavy (non-hydrogen) atoms. The molecule has 5 heteroatoms. The largest absolute Gasteiger partial charge is 0.387 e. The minimum atomic E-state index is -0.662. The molecule has 4 rings (SSSR count). The van der Waals surface area contributed by atoms with Crippen LogP contribution in [0.1, 0.15) is 27.6 Å². The fraction of sp³-hybridized carbons (Fsp3) is 0.238. The Bertz CT molecular complexity index is 984. The minimum absolute atomic E-state index is 0.0831. The van der Waals surface area contributed by atoms with E-state index in [0.717, 1.165) is 27.8 Å². The normalized spacial score (nSPS) is 16.4. The highest BCUT2D eigenvalue weighted by Crippen LogP contribution is 2.29. The lowest BCUT2D eigenvalue weighted by atomic mass is 9.96. The Morgan fingerprint density at radius 1 is 1.15 bits per heavy atom. The summed E-state index contributed by atoms with van der Waals surface area (Å²) in [6, 6.07) is 17.2. The number of aliphatic hydroxyl groups is 1. The number of fused-ring (bicyclic) bond motifs is 2. The topological polar surface area (TPSA) is 56.7 Å². The minimum Gasteiger partial charge on any atom is -0.387 e. The van der Waals surface area contributed by atoms with Gasteiger partial charge in [0.15, 0.2) is 0 Å². The number of pyridine rings is 1. The Kier molecular flexibility index (Phi) is 4.09. The van der Waals surface area contributed by atoms with Crippen molar-refractivity contribution in [2.24, 2.45) is 0 Å². The zero-order chi connectivity index (χ0) is 18.3. The SMILES string of the molecule is CN(C)c1cc(C(=O)N2Cc3ccccc3C(O)C2)c2ccccc2n1. The van der Waals surface area contributed by atoms with Crippen LogP contribution < -0.4 is 4.90 Å². The summed E-state index contributed by atoms with van der Waals surface area (Å²) < 4.78 is 0. The molecule has 1 amide bonds. The summed E-state index contributed by atoms with van der Waals surface area (Å²) in [4.78, 5) is 21.5. The van der Waals surface area contributed by atoms with Gasteiger partial charge in [0.05, 0.1) is 23.7 Å². The number of hydrogen-bond acceptors (Lipinski definition) is 4. The Balaban J connectivity index is 1.77. The second-order valence-corrected chi connectivity index (χ2v) is 6.84. The van der Waals surface area contributed by atoms with Gasteiger partial charge in [0.1, 0.15) is 5.82 Å². The van der Waals surface area contributed by atoms with Gasteiger partial charge in [-0.2, -0.15) is 0 Å². The van der Waals surface area contributed by atoms with Crippen molar-refractivity contribution in [3.05, 3.63) is 71.3 Å². The molecule has 1 unspecified atom stereocenters. The summed E-state index contributed by atoms with van der Waals surface area (Å²) in [6.07, 6.45) is -0.662. The van der Waals surface area contributed by atoms with Gasteiger partial charge < -0.3 is 14.9 Å². The first kappa shape index (κ1) is 16.5. The Labute approximate surface area is 152 Å². The van der Waals surface area contributed by atoms with E-state index in [4.69, 9.17) is 0 Å². The lowest BCUT2D eigenvalue weighted by Crippen LogP contribution is -2.38. The van der Waals surface area contributed by atoms with Gasteiger partial charge in [0.25, 0.3) is 5.91 Å². The maximum absolute atomic E-state index is 13.3. The number of nitrogens with zero attached hydrogens (tertiary/aromatic N) is 3. The zero-order valence-electron chi connectivity index (χ0n) is 14.9. The molecule has 3 aromatic rings. The molecule has 0 fully saturated rings. The number of aromatic nitrogens is 1. The fourth-order valence-electron chi connectivity index (χ4n) is 3.47. The molecule has 1 aromatic heterocycles. The molecule has 0 saturated carbocycles. The van der Waals surface area contributed by atoms with Gasteiger partial charge in [0.2, 0.25) is 0 Å². The van der Waals surface area contributed by atoms with E-state index in [1.54, 1.807) is 4.90 Å². The van der Waals surface area contributed by atoms with Crippen LogP contribution in [-0.4, -0.2) is 41.5 Å². The zero-order valence-corrected chi connectivity index (χ0v) is 14.9. The van der Waals surface area contributed by atoms with Gasteiger partial charge in [-0.15, -0.1) is 0 Å². The number of para-hydroxylation sites is 1. The van der Waals surface area contributed by atoms with Crippen LogP contribution in [0, 0.1) is 0 Å². The van der Waals surface area contributed by atoms with Gasteiger partial charge in [-0.1, -0.05) is 42.5 Å². The summed E-state index contributed by atoms with van der Waals surface area (Å²) in [5, 5.41) is 11.3. The Morgan fingerprint density at radius 2 is 1.88 bits per heavy atom. The number of anilines is 1. The molecule has 1 atom stereocenters. The first-order chi connectivity index (χ1) is 12.5. The molecule has 0 aliphatic carbocycles. The second kappa shape index (κ2) is 6.42. The summed E-state index contributed by atoms with van der Waals surface area (Å²) in [7, 11) is 3.82. The van der Waals surface area contributed by atoms with Gasteiger partial charge in [0, 0.05) is 26.0 Å². The molecule has 1 aliphatic heterocycles. The van der Waals surface area contributed by atoms with E-state index in [-0.39, 0.29) is 5.91 Å². The number of β-amino-alcohol motifs (C(OH)–C–C–N with tert-alkyl or cyclic N) is 1. The number of rotatable bonds is 2. The van der Waals surface area contributed by atoms with Crippen molar-refractivity contribution in [3.63, 3.8) is 0 Å². The molecule has 132 valence electrons. The van der Waals surface area contributed by atoms with E-state index < -0.39 is 6.10 Å². The standard InChI is InChI=1S/C21H21N3O2/c1-23(2)20-11-17(16-9-5-6-10-18(16)22-20)21(26)24-12-14-7-3-4-8-15(14)19(25)13-24/h3-11,19,25H,12-13H2,1-2H3. The number of hydrogen-bond donors (Lipinski definition) is 1. The van der Waals surface area contributed by atoms with Gasteiger partial charge in [-0.25, -0.2) is 4.98 Å². The predicted octanol–water partition coefficient (Wildman–Crippen LogP) is 2.99. The van der Waals surface area contributed by atoms with Crippen LogP contribution in [0.5, 0.6) is 0 Å². The first-order valence-corrected chi connectivity index (χ1v) is 8.67. The summed E-state index contributed by atoms with van der Waals surface area (Å²) >= 11 is 0. The molecule has 5 nitrogen and oxygen atoms in total. The van der Waals surface area contributed by atoms with Crippen LogP contribution in [0.25, 0.3) is 10.9 Å². The third kappa shape index (κ3) is 2.80. The molecular formula is C21H21N3O2. The van der Waals surface area contributed by atoms with Crippen LogP contribution in [0.15, 0.2) is 54.6 Å². The molecule has 2 aromatic carbocycles. The summed E-state index contributed by atoms with van der Waals surface area (Å²) in [6.45, 7) is 0.795. The highest BCUT2D eigenvalue weighted by Gasteiger charge is 2.28. The van der Waals surface area contributed by atoms with Crippen molar-refractivity contribution >= 4 is 22.6 Å². The van der Waals surface area contributed by atoms with Crippen molar-refractivity contribution in [1.29, 1.82) is 0 Å². The molecule has 0 radical (unpaired) electrons. The van der Waals surface area contributed by atoms with Crippen LogP contribution in [0.4, 0.5) is 5.82 Å². The maximum atomic E-state index is 13.3. The van der Waals surface area contributed by atoms with Crippen LogP contribution in [0.3, 0.4) is 0 Å². The number of benzene rings is 2. The third-order valence-corrected chi connectivity index (χ3v) is 4.85. The summed E-state index contributed by atoms with van der Waals surface area (Å²) in [5.74, 6) is 0.658. The number of carbonyl (C=O) groups is 1. The molecule has 1 aliphatic rings. The molecule has 0 bridgehead atoms. The number of aliphatic hydroxyl groups excluding tert-OH is 1. The lowest BCUT2D eigenvalue weighted by molar-refractivity contribution is 0.0552. The van der Waals surface area contributed by atoms with Crippen molar-refractivity contribution in [2.75, 3.05) is 25.5 Å². The second-order valence-electron chi connectivity index (χ2n) is 6.84. The van der Waals surface area contributed by atoms with E-state index in [1.165, 1.54) is 0 Å². The van der Waals surface area contributed by atoms with Gasteiger partial charge >= 0.3 is 0 Å². The fourth-order valence-corrected chi connectivity index (χ4v) is 3.47. The van der Waals surface area contributed by atoms with Crippen LogP contribution in [-0.2, 0) is 6.54 Å². The van der Waals surface area contributed by atoms with Gasteiger partial charge in [-0.05, 0) is 23.3 Å². The van der Waals surface area contributed by atoms with E-state index in [9.17, 15) is 9.90 Å². The number of carbonyl (C=O) groups excluding carboxylic acids is 1. The van der Waals surface area contributed by atoms with Crippen molar-refractivity contribution in [3.8, 4) is 0 Å². The Hall–Kier alpha value is -2.92. The molecular weight excluding hydrogens is 326 g/mol. The van der Waals surface area contributed by atoms with E-state index >= 15 is 0 Å². The van der Waals surface area contributed by atoms with E-state index in [2.05, 4.69) is 4.98 Å². The van der Waals surface area contributed by atoms with Crippen molar-refractivity contribution in [2.45, 2.75) is 12.6 Å². The molecule has 0 spiro atoms. The van der Waals surface area contributed by atoms with Crippen LogP contribution in [0.2, 0.25) is 0 Å². The molecule has 1 N–H and O–H groups in total. The summed E-state index contributed by atoms with van der Waals surface area (Å²) in [5.41, 5.74) is 3.31. The third-order valence-electron chi connectivity index (χ3n) is 4.85. The van der Waals surface area contributed by atoms with Gasteiger partial charge in [-0.3, -0.25) is 4.79 Å².